The van der Waals surface area contributed by atoms with Crippen LogP contribution in [0.2, 0.25) is 0 Å². The summed E-state index contributed by atoms with van der Waals surface area (Å²) in [5.74, 6) is 0.541. The molecule has 1 N–H and O–H groups in total. The Kier molecular flexibility index (Phi) is 4.41. The number of anilines is 1. The van der Waals surface area contributed by atoms with Gasteiger partial charge in [-0.1, -0.05) is 0 Å². The van der Waals surface area contributed by atoms with Gasteiger partial charge in [0.05, 0.1) is 23.2 Å². The number of hydrogen-bond acceptors (Lipinski definition) is 5. The van der Waals surface area contributed by atoms with Gasteiger partial charge in [0.15, 0.2) is 5.78 Å². The maximum absolute atomic E-state index is 12.3. The maximum atomic E-state index is 12.3. The van der Waals surface area contributed by atoms with Gasteiger partial charge in [0, 0.05) is 17.0 Å². The Bertz CT molecular complexity index is 795. The van der Waals surface area contributed by atoms with Crippen LogP contribution in [-0.4, -0.2) is 22.3 Å². The van der Waals surface area contributed by atoms with E-state index in [0.29, 0.717) is 36.3 Å². The number of carbonyl (C=O) groups is 2. The van der Waals surface area contributed by atoms with Crippen molar-refractivity contribution < 1.29 is 14.3 Å². The predicted molar refractivity (Wildman–Crippen MR) is 93.9 cm³/mol. The Morgan fingerprint density at radius 1 is 1.42 bits per heavy atom. The molecular formula is C18H20N2O3S. The summed E-state index contributed by atoms with van der Waals surface area (Å²) in [6.45, 7) is 5.73. The normalized spacial score (nSPS) is 15.5. The van der Waals surface area contributed by atoms with Gasteiger partial charge in [0.25, 0.3) is 0 Å². The fourth-order valence-corrected chi connectivity index (χ4v) is 3.53. The van der Waals surface area contributed by atoms with Crippen LogP contribution in [0.4, 0.5) is 5.69 Å². The average Bonchev–Trinajstić information content (AvgIpc) is 2.90. The summed E-state index contributed by atoms with van der Waals surface area (Å²) >= 11 is 1.56. The Labute approximate surface area is 145 Å². The van der Waals surface area contributed by atoms with E-state index in [1.807, 2.05) is 20.8 Å². The molecule has 24 heavy (non-hydrogen) atoms. The van der Waals surface area contributed by atoms with Gasteiger partial charge in [0.1, 0.15) is 11.4 Å². The first-order chi connectivity index (χ1) is 11.3. The van der Waals surface area contributed by atoms with E-state index in [4.69, 9.17) is 4.74 Å². The van der Waals surface area contributed by atoms with E-state index >= 15 is 0 Å². The van der Waals surface area contributed by atoms with E-state index in [0.717, 1.165) is 10.6 Å². The molecule has 2 aromatic rings. The highest BCUT2D eigenvalue weighted by molar-refractivity contribution is 7.09. The molecule has 1 aromatic heterocycles. The van der Waals surface area contributed by atoms with Gasteiger partial charge in [-0.25, -0.2) is 4.98 Å². The number of hydrogen-bond donors (Lipinski definition) is 1. The number of nitrogens with zero attached hydrogens (tertiary/aromatic N) is 1. The molecule has 0 atom stereocenters. The number of carbonyl (C=O) groups excluding carboxylic acids is 2. The van der Waals surface area contributed by atoms with Crippen molar-refractivity contribution in [2.75, 3.05) is 5.32 Å². The van der Waals surface area contributed by atoms with E-state index in [-0.39, 0.29) is 11.7 Å². The van der Waals surface area contributed by atoms with Crippen LogP contribution < -0.4 is 10.1 Å². The lowest BCUT2D eigenvalue weighted by molar-refractivity contribution is -0.116. The molecule has 0 aliphatic carbocycles. The minimum Gasteiger partial charge on any atom is -0.487 e. The number of amides is 1. The van der Waals surface area contributed by atoms with Crippen LogP contribution in [0.3, 0.4) is 0 Å². The monoisotopic (exact) mass is 344 g/mol. The lowest BCUT2D eigenvalue weighted by Gasteiger charge is -2.31. The molecule has 1 amide bonds. The number of aromatic nitrogens is 1. The van der Waals surface area contributed by atoms with Crippen molar-refractivity contribution in [3.05, 3.63) is 39.8 Å². The summed E-state index contributed by atoms with van der Waals surface area (Å²) in [6.07, 6.45) is 1.39. The molecule has 1 aliphatic rings. The Hall–Kier alpha value is -2.21. The number of rotatable bonds is 4. The molecule has 0 saturated carbocycles. The van der Waals surface area contributed by atoms with Crippen LogP contribution >= 0.6 is 11.3 Å². The van der Waals surface area contributed by atoms with Crippen LogP contribution in [0.25, 0.3) is 0 Å². The van der Waals surface area contributed by atoms with Gasteiger partial charge >= 0.3 is 0 Å². The van der Waals surface area contributed by atoms with Gasteiger partial charge in [-0.3, -0.25) is 9.59 Å². The highest BCUT2D eigenvalue weighted by atomic mass is 32.1. The zero-order valence-corrected chi connectivity index (χ0v) is 14.8. The number of ketones is 1. The SMILES string of the molecule is Cc1ncsc1CCC(=O)Nc1ccc2c(c1)C(=O)CC(C)(C)O2. The third-order valence-corrected chi connectivity index (χ3v) is 4.96. The number of benzene rings is 1. The fourth-order valence-electron chi connectivity index (χ4n) is 2.75. The molecule has 0 spiro atoms. The summed E-state index contributed by atoms with van der Waals surface area (Å²) in [7, 11) is 0. The molecule has 0 radical (unpaired) electrons. The molecule has 1 aromatic carbocycles. The molecule has 6 heteroatoms. The predicted octanol–water partition coefficient (Wildman–Crippen LogP) is 3.77. The Balaban J connectivity index is 1.66. The van der Waals surface area contributed by atoms with Gasteiger partial charge in [-0.2, -0.15) is 0 Å². The minimum absolute atomic E-state index is 0.0395. The van der Waals surface area contributed by atoms with Crippen LogP contribution in [0.1, 0.15) is 47.6 Å². The van der Waals surface area contributed by atoms with Crippen molar-refractivity contribution in [2.24, 2.45) is 0 Å². The molecule has 0 bridgehead atoms. The second-order valence-corrected chi connectivity index (χ2v) is 7.52. The summed E-state index contributed by atoms with van der Waals surface area (Å²) in [6, 6.07) is 5.21. The molecule has 1 aliphatic heterocycles. The quantitative estimate of drug-likeness (QED) is 0.917. The smallest absolute Gasteiger partial charge is 0.224 e. The summed E-state index contributed by atoms with van der Waals surface area (Å²) in [5.41, 5.74) is 3.44. The topological polar surface area (TPSA) is 68.3 Å². The third kappa shape index (κ3) is 3.64. The van der Waals surface area contributed by atoms with Crippen LogP contribution in [-0.2, 0) is 11.2 Å². The average molecular weight is 344 g/mol. The number of ether oxygens (including phenoxy) is 1. The van der Waals surface area contributed by atoms with E-state index in [2.05, 4.69) is 10.3 Å². The fraction of sp³-hybridized carbons (Fsp3) is 0.389. The second kappa shape index (κ2) is 6.36. The second-order valence-electron chi connectivity index (χ2n) is 6.58. The number of aryl methyl sites for hydroxylation is 2. The zero-order valence-electron chi connectivity index (χ0n) is 14.0. The van der Waals surface area contributed by atoms with Crippen molar-refractivity contribution in [1.29, 1.82) is 0 Å². The van der Waals surface area contributed by atoms with Crippen molar-refractivity contribution in [3.63, 3.8) is 0 Å². The zero-order chi connectivity index (χ0) is 17.3. The van der Waals surface area contributed by atoms with Gasteiger partial charge in [0.2, 0.25) is 5.91 Å². The van der Waals surface area contributed by atoms with Crippen molar-refractivity contribution in [1.82, 2.24) is 4.98 Å². The van der Waals surface area contributed by atoms with Crippen LogP contribution in [0, 0.1) is 6.92 Å². The van der Waals surface area contributed by atoms with E-state index < -0.39 is 5.60 Å². The maximum Gasteiger partial charge on any atom is 0.224 e. The molecule has 0 fully saturated rings. The lowest BCUT2D eigenvalue weighted by atomic mass is 9.93. The first kappa shape index (κ1) is 16.6. The molecule has 0 unspecified atom stereocenters. The molecular weight excluding hydrogens is 324 g/mol. The van der Waals surface area contributed by atoms with Gasteiger partial charge in [-0.15, -0.1) is 11.3 Å². The van der Waals surface area contributed by atoms with Gasteiger partial charge in [-0.05, 0) is 45.4 Å². The van der Waals surface area contributed by atoms with E-state index in [9.17, 15) is 9.59 Å². The molecule has 126 valence electrons. The van der Waals surface area contributed by atoms with Gasteiger partial charge < -0.3 is 10.1 Å². The molecule has 0 saturated heterocycles. The van der Waals surface area contributed by atoms with Crippen molar-refractivity contribution >= 4 is 28.7 Å². The standard InChI is InChI=1S/C18H20N2O3S/c1-11-16(24-10-19-11)6-7-17(22)20-12-4-5-15-13(8-12)14(21)9-18(2,3)23-15/h4-5,8,10H,6-7,9H2,1-3H3,(H,20,22). The Morgan fingerprint density at radius 3 is 2.92 bits per heavy atom. The third-order valence-electron chi connectivity index (χ3n) is 3.96. The van der Waals surface area contributed by atoms with E-state index in [1.54, 1.807) is 35.0 Å². The Morgan fingerprint density at radius 2 is 2.21 bits per heavy atom. The lowest BCUT2D eigenvalue weighted by Crippen LogP contribution is -2.35. The van der Waals surface area contributed by atoms with Crippen molar-refractivity contribution in [2.45, 2.75) is 45.6 Å². The first-order valence-corrected chi connectivity index (χ1v) is 8.77. The number of fused-ring (bicyclic) bond motifs is 1. The van der Waals surface area contributed by atoms with Crippen molar-refractivity contribution in [3.8, 4) is 5.75 Å². The number of thiazole rings is 1. The highest BCUT2D eigenvalue weighted by Gasteiger charge is 2.32. The molecule has 3 rings (SSSR count). The largest absolute Gasteiger partial charge is 0.487 e. The van der Waals surface area contributed by atoms with E-state index in [1.165, 1.54) is 0 Å². The first-order valence-electron chi connectivity index (χ1n) is 7.89. The summed E-state index contributed by atoms with van der Waals surface area (Å²) in [5, 5.41) is 2.85. The summed E-state index contributed by atoms with van der Waals surface area (Å²) < 4.78 is 5.82. The highest BCUT2D eigenvalue weighted by Crippen LogP contribution is 2.34. The molecule has 2 heterocycles. The molecule has 5 nitrogen and oxygen atoms in total. The van der Waals surface area contributed by atoms with Crippen LogP contribution in [0.5, 0.6) is 5.75 Å². The van der Waals surface area contributed by atoms with Crippen LogP contribution in [0.15, 0.2) is 23.7 Å². The number of Topliss-reactive ketones (excluding diaryl/α,β-unsaturated/α-hetero) is 1. The minimum atomic E-state index is -0.485. The summed E-state index contributed by atoms with van der Waals surface area (Å²) in [4.78, 5) is 29.7. The number of nitrogens with one attached hydrogen (secondary N) is 1.